The first kappa shape index (κ1) is 12.7. The van der Waals surface area contributed by atoms with Gasteiger partial charge in [-0.1, -0.05) is 0 Å². The molecular weight excluding hydrogens is 250 g/mol. The van der Waals surface area contributed by atoms with Crippen LogP contribution in [0.3, 0.4) is 0 Å². The largest absolute Gasteiger partial charge is 0.396 e. The molecule has 1 aromatic carbocycles. The van der Waals surface area contributed by atoms with E-state index in [9.17, 15) is 19.2 Å². The second-order valence-corrected chi connectivity index (χ2v) is 4.03. The standard InChI is InChI=1S/C12H9N3O4/c1-5(16)4-8(17)6-2-3-7-10(9(6)13)15-12(19)11(18)14-7/h2-3H,4,13H2,1H3. The number of nitrogens with two attached hydrogens (primary N) is 1. The highest BCUT2D eigenvalue weighted by atomic mass is 16.2. The monoisotopic (exact) mass is 259 g/mol. The number of benzene rings is 1. The summed E-state index contributed by atoms with van der Waals surface area (Å²) in [5.41, 5.74) is 5.78. The third-order valence-corrected chi connectivity index (χ3v) is 2.52. The van der Waals surface area contributed by atoms with Crippen molar-refractivity contribution in [2.75, 3.05) is 5.73 Å². The van der Waals surface area contributed by atoms with Crippen LogP contribution in [0.15, 0.2) is 22.1 Å². The number of anilines is 1. The smallest absolute Gasteiger partial charge is 0.338 e. The molecule has 0 bridgehead atoms. The van der Waals surface area contributed by atoms with E-state index in [1.165, 1.54) is 19.1 Å². The van der Waals surface area contributed by atoms with Gasteiger partial charge < -0.3 is 5.73 Å². The Bertz CT molecular complexity index is 749. The molecule has 96 valence electrons. The molecule has 0 saturated carbocycles. The Labute approximate surface area is 106 Å². The molecule has 2 amide bonds. The number of ketones is 2. The van der Waals surface area contributed by atoms with Crippen LogP contribution in [0.1, 0.15) is 23.7 Å². The number of Topliss-reactive ketones (excluding diaryl/α,β-unsaturated/α-hetero) is 2. The van der Waals surface area contributed by atoms with Crippen molar-refractivity contribution in [3.63, 3.8) is 0 Å². The summed E-state index contributed by atoms with van der Waals surface area (Å²) in [5, 5.41) is 0.139. The molecule has 2 rings (SSSR count). The van der Waals surface area contributed by atoms with E-state index < -0.39 is 17.6 Å². The maximum atomic E-state index is 11.8. The molecule has 7 nitrogen and oxygen atoms in total. The molecule has 7 heteroatoms. The van der Waals surface area contributed by atoms with Gasteiger partial charge in [-0.2, -0.15) is 0 Å². The van der Waals surface area contributed by atoms with E-state index in [2.05, 4.69) is 9.98 Å². The van der Waals surface area contributed by atoms with Gasteiger partial charge >= 0.3 is 11.8 Å². The zero-order chi connectivity index (χ0) is 14.2. The number of fused-ring (bicyclic) bond motifs is 1. The van der Waals surface area contributed by atoms with Gasteiger partial charge in [-0.05, 0) is 19.1 Å². The topological polar surface area (TPSA) is 119 Å². The minimum Gasteiger partial charge on any atom is -0.396 e. The zero-order valence-electron chi connectivity index (χ0n) is 9.97. The highest BCUT2D eigenvalue weighted by Crippen LogP contribution is 2.08. The number of rotatable bonds is 3. The highest BCUT2D eigenvalue weighted by Gasteiger charge is 2.19. The van der Waals surface area contributed by atoms with Crippen molar-refractivity contribution in [3.8, 4) is 0 Å². The number of hydrogen-bond acceptors (Lipinski definition) is 5. The van der Waals surface area contributed by atoms with Crippen molar-refractivity contribution in [1.29, 1.82) is 0 Å². The molecular formula is C12H9N3O4. The first-order valence-corrected chi connectivity index (χ1v) is 5.37. The molecule has 0 fully saturated rings. The van der Waals surface area contributed by atoms with Crippen molar-refractivity contribution in [1.82, 2.24) is 0 Å². The summed E-state index contributed by atoms with van der Waals surface area (Å²) in [4.78, 5) is 51.9. The van der Waals surface area contributed by atoms with E-state index in [0.717, 1.165) is 0 Å². The maximum Gasteiger partial charge on any atom is 0.338 e. The molecule has 0 aliphatic carbocycles. The van der Waals surface area contributed by atoms with Crippen LogP contribution in [0.5, 0.6) is 0 Å². The minimum absolute atomic E-state index is 0.000924. The molecule has 0 aromatic heterocycles. The third kappa shape index (κ3) is 2.30. The van der Waals surface area contributed by atoms with Gasteiger partial charge in [-0.15, -0.1) is 0 Å². The molecule has 0 atom stereocenters. The third-order valence-electron chi connectivity index (χ3n) is 2.52. The van der Waals surface area contributed by atoms with Crippen LogP contribution in [0, 0.1) is 0 Å². The van der Waals surface area contributed by atoms with Gasteiger partial charge in [0, 0.05) is 5.56 Å². The lowest BCUT2D eigenvalue weighted by Crippen LogP contribution is -2.37. The van der Waals surface area contributed by atoms with Crippen molar-refractivity contribution >= 4 is 29.1 Å². The first-order chi connectivity index (χ1) is 8.90. The predicted molar refractivity (Wildman–Crippen MR) is 62.8 cm³/mol. The Hall–Kier alpha value is -2.70. The zero-order valence-corrected chi connectivity index (χ0v) is 9.97. The van der Waals surface area contributed by atoms with Crippen LogP contribution in [0.25, 0.3) is 0 Å². The molecule has 0 radical (unpaired) electrons. The molecule has 2 N–H and O–H groups in total. The molecule has 1 aliphatic rings. The Kier molecular flexibility index (Phi) is 3.04. The van der Waals surface area contributed by atoms with E-state index in [0.29, 0.717) is 0 Å². The maximum absolute atomic E-state index is 11.8. The predicted octanol–water partition coefficient (Wildman–Crippen LogP) is -1.26. The van der Waals surface area contributed by atoms with Gasteiger partial charge in [0.2, 0.25) is 0 Å². The Morgan fingerprint density at radius 3 is 2.42 bits per heavy atom. The lowest BCUT2D eigenvalue weighted by Gasteiger charge is -2.05. The SMILES string of the molecule is CC(=O)CC(=O)c1ccc2c(c1N)=NC(=O)C(=O)N=2. The second kappa shape index (κ2) is 4.52. The normalized spacial score (nSPS) is 13.3. The summed E-state index contributed by atoms with van der Waals surface area (Å²) in [6, 6.07) is 2.73. The lowest BCUT2D eigenvalue weighted by molar-refractivity contribution is -0.135. The molecule has 1 heterocycles. The summed E-state index contributed by atoms with van der Waals surface area (Å²) >= 11 is 0. The van der Waals surface area contributed by atoms with Crippen molar-refractivity contribution in [2.24, 2.45) is 9.98 Å². The van der Waals surface area contributed by atoms with Crippen LogP contribution < -0.4 is 16.4 Å². The van der Waals surface area contributed by atoms with Gasteiger partial charge in [0.05, 0.1) is 17.5 Å². The van der Waals surface area contributed by atoms with Crippen LogP contribution in [0.4, 0.5) is 5.69 Å². The number of nitrogens with zero attached hydrogens (tertiary/aromatic N) is 2. The number of amides is 2. The van der Waals surface area contributed by atoms with Crippen LogP contribution in [0.2, 0.25) is 0 Å². The summed E-state index contributed by atoms with van der Waals surface area (Å²) in [7, 11) is 0. The summed E-state index contributed by atoms with van der Waals surface area (Å²) in [6.45, 7) is 1.29. The average Bonchev–Trinajstić information content (AvgIpc) is 2.31. The van der Waals surface area contributed by atoms with Crippen molar-refractivity contribution in [3.05, 3.63) is 28.4 Å². The summed E-state index contributed by atoms with van der Waals surface area (Å²) in [5.74, 6) is -2.77. The van der Waals surface area contributed by atoms with Gasteiger partial charge in [0.1, 0.15) is 11.1 Å². The van der Waals surface area contributed by atoms with E-state index in [1.54, 1.807) is 0 Å². The van der Waals surface area contributed by atoms with E-state index >= 15 is 0 Å². The average molecular weight is 259 g/mol. The van der Waals surface area contributed by atoms with Crippen molar-refractivity contribution < 1.29 is 19.2 Å². The number of nitrogen functional groups attached to an aromatic ring is 1. The first-order valence-electron chi connectivity index (χ1n) is 5.37. The fourth-order valence-corrected chi connectivity index (χ4v) is 1.68. The van der Waals surface area contributed by atoms with E-state index in [-0.39, 0.29) is 34.2 Å². The molecule has 0 spiro atoms. The van der Waals surface area contributed by atoms with E-state index in [4.69, 9.17) is 5.73 Å². The quantitative estimate of drug-likeness (QED) is 0.314. The number of hydrogen-bond donors (Lipinski definition) is 1. The number of carbonyl (C=O) groups is 4. The Balaban J connectivity index is 2.63. The summed E-state index contributed by atoms with van der Waals surface area (Å²) in [6.07, 6.45) is -0.285. The fraction of sp³-hybridized carbons (Fsp3) is 0.167. The Morgan fingerprint density at radius 2 is 1.79 bits per heavy atom. The fourth-order valence-electron chi connectivity index (χ4n) is 1.68. The van der Waals surface area contributed by atoms with Gasteiger partial charge in [-0.25, -0.2) is 9.98 Å². The van der Waals surface area contributed by atoms with Crippen LogP contribution >= 0.6 is 0 Å². The van der Waals surface area contributed by atoms with Crippen LogP contribution in [-0.2, 0) is 14.4 Å². The molecule has 1 aliphatic heterocycles. The summed E-state index contributed by atoms with van der Waals surface area (Å²) < 4.78 is 0. The lowest BCUT2D eigenvalue weighted by atomic mass is 10.0. The highest BCUT2D eigenvalue weighted by molar-refractivity contribution is 6.36. The molecule has 19 heavy (non-hydrogen) atoms. The minimum atomic E-state index is -1.03. The van der Waals surface area contributed by atoms with E-state index in [1.807, 2.05) is 0 Å². The number of carbonyl (C=O) groups excluding carboxylic acids is 4. The molecule has 0 saturated heterocycles. The molecule has 1 aromatic rings. The van der Waals surface area contributed by atoms with Crippen molar-refractivity contribution in [2.45, 2.75) is 13.3 Å². The second-order valence-electron chi connectivity index (χ2n) is 4.03. The van der Waals surface area contributed by atoms with Gasteiger partial charge in [0.25, 0.3) is 0 Å². The molecule has 0 unspecified atom stereocenters. The Morgan fingerprint density at radius 1 is 1.16 bits per heavy atom. The van der Waals surface area contributed by atoms with Crippen LogP contribution in [-0.4, -0.2) is 23.4 Å². The van der Waals surface area contributed by atoms with Gasteiger partial charge in [-0.3, -0.25) is 19.2 Å². The van der Waals surface area contributed by atoms with Gasteiger partial charge in [0.15, 0.2) is 5.78 Å².